The molecule has 0 radical (unpaired) electrons. The Bertz CT molecular complexity index is 537. The minimum absolute atomic E-state index is 0.332. The van der Waals surface area contributed by atoms with Crippen molar-refractivity contribution in [1.29, 1.82) is 0 Å². The Balaban J connectivity index is 2.04. The van der Waals surface area contributed by atoms with Crippen molar-refractivity contribution in [3.05, 3.63) is 54.1 Å². The van der Waals surface area contributed by atoms with Gasteiger partial charge in [-0.3, -0.25) is 0 Å². The molecule has 1 amide bonds. The van der Waals surface area contributed by atoms with Gasteiger partial charge in [0.15, 0.2) is 0 Å². The molecule has 1 aromatic heterocycles. The molecule has 0 spiro atoms. The fourth-order valence-electron chi connectivity index (χ4n) is 1.96. The lowest BCUT2D eigenvalue weighted by atomic mass is 10.1. The first-order chi connectivity index (χ1) is 9.15. The summed E-state index contributed by atoms with van der Waals surface area (Å²) in [6.07, 6.45) is 3.29. The first-order valence-corrected chi connectivity index (χ1v) is 6.14. The second-order valence-corrected chi connectivity index (χ2v) is 4.38. The summed E-state index contributed by atoms with van der Waals surface area (Å²) in [5.41, 5.74) is 7.03. The minimum atomic E-state index is -0.754. The van der Waals surface area contributed by atoms with Gasteiger partial charge in [0.2, 0.25) is 0 Å². The normalized spacial score (nSPS) is 12.1. The van der Waals surface area contributed by atoms with E-state index in [9.17, 15) is 4.79 Å². The number of nitrogens with two attached hydrogens (primary N) is 1. The molecule has 0 aliphatic carbocycles. The summed E-state index contributed by atoms with van der Waals surface area (Å²) in [6, 6.07) is 9.59. The molecule has 5 heteroatoms. The molecule has 0 bridgehead atoms. The highest BCUT2D eigenvalue weighted by molar-refractivity contribution is 5.65. The SMILES string of the molecule is Cc1cn(CCC(OC(N)=O)c2ccccc2)cn1. The Kier molecular flexibility index (Phi) is 4.18. The van der Waals surface area contributed by atoms with Gasteiger partial charge in [0.05, 0.1) is 12.0 Å². The first kappa shape index (κ1) is 13.1. The van der Waals surface area contributed by atoms with E-state index < -0.39 is 6.09 Å². The van der Waals surface area contributed by atoms with Gasteiger partial charge in [-0.15, -0.1) is 0 Å². The summed E-state index contributed by atoms with van der Waals surface area (Å²) in [6.45, 7) is 2.65. The summed E-state index contributed by atoms with van der Waals surface area (Å²) in [4.78, 5) is 15.1. The van der Waals surface area contributed by atoms with Gasteiger partial charge in [0.25, 0.3) is 0 Å². The van der Waals surface area contributed by atoms with Crippen molar-refractivity contribution in [2.24, 2.45) is 5.73 Å². The van der Waals surface area contributed by atoms with E-state index in [0.29, 0.717) is 13.0 Å². The van der Waals surface area contributed by atoms with Crippen LogP contribution in [0.1, 0.15) is 23.8 Å². The van der Waals surface area contributed by atoms with Crippen LogP contribution >= 0.6 is 0 Å². The number of benzene rings is 1. The van der Waals surface area contributed by atoms with Crippen molar-refractivity contribution >= 4 is 6.09 Å². The summed E-state index contributed by atoms with van der Waals surface area (Å²) in [7, 11) is 0. The molecule has 1 heterocycles. The summed E-state index contributed by atoms with van der Waals surface area (Å²) >= 11 is 0. The number of carbonyl (C=O) groups is 1. The van der Waals surface area contributed by atoms with Crippen molar-refractivity contribution in [1.82, 2.24) is 9.55 Å². The Morgan fingerprint density at radius 1 is 1.42 bits per heavy atom. The highest BCUT2D eigenvalue weighted by atomic mass is 16.6. The second kappa shape index (κ2) is 6.04. The molecule has 0 saturated heterocycles. The predicted octanol–water partition coefficient (Wildman–Crippen LogP) is 2.42. The van der Waals surface area contributed by atoms with Crippen LogP contribution in [0, 0.1) is 6.92 Å². The fourth-order valence-corrected chi connectivity index (χ4v) is 1.96. The Labute approximate surface area is 112 Å². The second-order valence-electron chi connectivity index (χ2n) is 4.38. The molecule has 0 fully saturated rings. The fraction of sp³-hybridized carbons (Fsp3) is 0.286. The zero-order valence-electron chi connectivity index (χ0n) is 10.8. The first-order valence-electron chi connectivity index (χ1n) is 6.14. The topological polar surface area (TPSA) is 70.1 Å². The molecule has 1 aromatic carbocycles. The van der Waals surface area contributed by atoms with E-state index >= 15 is 0 Å². The number of amides is 1. The molecule has 0 aliphatic rings. The molecule has 19 heavy (non-hydrogen) atoms. The third-order valence-electron chi connectivity index (χ3n) is 2.84. The van der Waals surface area contributed by atoms with Gasteiger partial charge in [0.1, 0.15) is 6.10 Å². The van der Waals surface area contributed by atoms with Crippen LogP contribution < -0.4 is 5.73 Å². The number of carbonyl (C=O) groups excluding carboxylic acids is 1. The largest absolute Gasteiger partial charge is 0.441 e. The van der Waals surface area contributed by atoms with E-state index in [1.807, 2.05) is 48.0 Å². The summed E-state index contributed by atoms with van der Waals surface area (Å²) in [5.74, 6) is 0. The number of ether oxygens (including phenoxy) is 1. The van der Waals surface area contributed by atoms with Crippen LogP contribution in [0.25, 0.3) is 0 Å². The molecular weight excluding hydrogens is 242 g/mol. The molecule has 1 atom stereocenters. The van der Waals surface area contributed by atoms with Gasteiger partial charge in [-0.2, -0.15) is 0 Å². The maximum absolute atomic E-state index is 11.0. The number of nitrogens with zero attached hydrogens (tertiary/aromatic N) is 2. The number of aryl methyl sites for hydroxylation is 2. The zero-order chi connectivity index (χ0) is 13.7. The number of hydrogen-bond acceptors (Lipinski definition) is 3. The van der Waals surface area contributed by atoms with Crippen LogP contribution in [0.4, 0.5) is 4.79 Å². The molecule has 0 saturated carbocycles. The van der Waals surface area contributed by atoms with Crippen molar-refractivity contribution < 1.29 is 9.53 Å². The molecule has 2 rings (SSSR count). The number of hydrogen-bond donors (Lipinski definition) is 1. The molecular formula is C14H17N3O2. The van der Waals surface area contributed by atoms with E-state index in [4.69, 9.17) is 10.5 Å². The number of imidazole rings is 1. The summed E-state index contributed by atoms with van der Waals surface area (Å²) < 4.78 is 7.14. The number of primary amides is 1. The average Bonchev–Trinajstić information content (AvgIpc) is 2.81. The van der Waals surface area contributed by atoms with E-state index in [-0.39, 0.29) is 6.10 Å². The van der Waals surface area contributed by atoms with Crippen molar-refractivity contribution in [2.75, 3.05) is 0 Å². The van der Waals surface area contributed by atoms with E-state index in [0.717, 1.165) is 11.3 Å². The molecule has 2 N–H and O–H groups in total. The van der Waals surface area contributed by atoms with Crippen molar-refractivity contribution in [2.45, 2.75) is 26.0 Å². The highest BCUT2D eigenvalue weighted by Gasteiger charge is 2.14. The third-order valence-corrected chi connectivity index (χ3v) is 2.84. The maximum atomic E-state index is 11.0. The van der Waals surface area contributed by atoms with E-state index in [2.05, 4.69) is 4.98 Å². The molecule has 5 nitrogen and oxygen atoms in total. The van der Waals surface area contributed by atoms with Crippen LogP contribution in [0.3, 0.4) is 0 Å². The van der Waals surface area contributed by atoms with Crippen LogP contribution in [0.2, 0.25) is 0 Å². The molecule has 100 valence electrons. The van der Waals surface area contributed by atoms with Crippen molar-refractivity contribution in [3.63, 3.8) is 0 Å². The predicted molar refractivity (Wildman–Crippen MR) is 71.4 cm³/mol. The monoisotopic (exact) mass is 259 g/mol. The van der Waals surface area contributed by atoms with Crippen LogP contribution in [-0.2, 0) is 11.3 Å². The summed E-state index contributed by atoms with van der Waals surface area (Å²) in [5, 5.41) is 0. The number of aromatic nitrogens is 2. The van der Waals surface area contributed by atoms with Gasteiger partial charge < -0.3 is 15.0 Å². The molecule has 1 unspecified atom stereocenters. The quantitative estimate of drug-likeness (QED) is 0.896. The van der Waals surface area contributed by atoms with E-state index in [1.54, 1.807) is 6.33 Å². The van der Waals surface area contributed by atoms with Crippen molar-refractivity contribution in [3.8, 4) is 0 Å². The van der Waals surface area contributed by atoms with E-state index in [1.165, 1.54) is 0 Å². The van der Waals surface area contributed by atoms with Gasteiger partial charge in [0, 0.05) is 19.2 Å². The van der Waals surface area contributed by atoms with Gasteiger partial charge in [-0.1, -0.05) is 30.3 Å². The Hall–Kier alpha value is -2.30. The van der Waals surface area contributed by atoms with Gasteiger partial charge >= 0.3 is 6.09 Å². The van der Waals surface area contributed by atoms with Crippen LogP contribution in [0.15, 0.2) is 42.9 Å². The van der Waals surface area contributed by atoms with Gasteiger partial charge in [-0.05, 0) is 12.5 Å². The molecule has 0 aliphatic heterocycles. The lowest BCUT2D eigenvalue weighted by Crippen LogP contribution is -2.18. The Morgan fingerprint density at radius 2 is 2.16 bits per heavy atom. The third kappa shape index (κ3) is 3.84. The highest BCUT2D eigenvalue weighted by Crippen LogP contribution is 2.21. The smallest absolute Gasteiger partial charge is 0.405 e. The lowest BCUT2D eigenvalue weighted by Gasteiger charge is -2.17. The zero-order valence-corrected chi connectivity index (χ0v) is 10.8. The minimum Gasteiger partial charge on any atom is -0.441 e. The van der Waals surface area contributed by atoms with Gasteiger partial charge in [-0.25, -0.2) is 9.78 Å². The van der Waals surface area contributed by atoms with Crippen LogP contribution in [-0.4, -0.2) is 15.6 Å². The molecule has 2 aromatic rings. The average molecular weight is 259 g/mol. The van der Waals surface area contributed by atoms with Crippen LogP contribution in [0.5, 0.6) is 0 Å². The standard InChI is InChI=1S/C14H17N3O2/c1-11-9-17(10-16-11)8-7-13(19-14(15)18)12-5-3-2-4-6-12/h2-6,9-10,13H,7-8H2,1H3,(H2,15,18). The Morgan fingerprint density at radius 3 is 2.74 bits per heavy atom. The lowest BCUT2D eigenvalue weighted by molar-refractivity contribution is 0.0983. The maximum Gasteiger partial charge on any atom is 0.405 e. The number of rotatable bonds is 5.